The molecule has 0 bridgehead atoms. The number of hydrogen-bond acceptors (Lipinski definition) is 7. The van der Waals surface area contributed by atoms with Gasteiger partial charge in [-0.25, -0.2) is 4.98 Å². The van der Waals surface area contributed by atoms with Crippen molar-refractivity contribution in [2.75, 3.05) is 13.2 Å². The Kier molecular flexibility index (Phi) is 7.77. The van der Waals surface area contributed by atoms with Gasteiger partial charge >= 0.3 is 0 Å². The quantitative estimate of drug-likeness (QED) is 0.416. The molecule has 1 atom stereocenters. The Hall–Kier alpha value is -3.72. The maximum atomic E-state index is 12.8. The third-order valence-electron chi connectivity index (χ3n) is 5.69. The summed E-state index contributed by atoms with van der Waals surface area (Å²) in [6.07, 6.45) is 1.42. The number of aryl methyl sites for hydroxylation is 1. The minimum absolute atomic E-state index is 0.0520. The summed E-state index contributed by atoms with van der Waals surface area (Å²) in [5.41, 5.74) is 8.13. The summed E-state index contributed by atoms with van der Waals surface area (Å²) in [5, 5.41) is 5.81. The first-order valence-electron chi connectivity index (χ1n) is 11.5. The topological polar surface area (TPSA) is 121 Å². The third kappa shape index (κ3) is 6.24. The van der Waals surface area contributed by atoms with Crippen molar-refractivity contribution in [3.05, 3.63) is 75.2 Å². The number of Topliss-reactive ketones (excluding diaryl/α,β-unsaturated/α-hetero) is 1. The number of primary amides is 1. The molecule has 0 fully saturated rings. The van der Waals surface area contributed by atoms with E-state index in [9.17, 15) is 14.4 Å². The molecule has 2 amide bonds. The van der Waals surface area contributed by atoms with Crippen LogP contribution in [-0.4, -0.2) is 35.8 Å². The fraction of sp³-hybridized carbons (Fsp3) is 0.308. The minimum Gasteiger partial charge on any atom is -0.486 e. The van der Waals surface area contributed by atoms with Gasteiger partial charge in [0.05, 0.1) is 11.7 Å². The number of carbonyl (C=O) groups is 3. The molecule has 4 rings (SSSR count). The van der Waals surface area contributed by atoms with E-state index in [1.54, 1.807) is 30.3 Å². The molecule has 9 heteroatoms. The largest absolute Gasteiger partial charge is 0.486 e. The first-order chi connectivity index (χ1) is 16.9. The van der Waals surface area contributed by atoms with Crippen molar-refractivity contribution in [3.8, 4) is 11.5 Å². The first kappa shape index (κ1) is 24.4. The van der Waals surface area contributed by atoms with Crippen LogP contribution >= 0.6 is 11.3 Å². The molecule has 0 aliphatic carbocycles. The second-order valence-corrected chi connectivity index (χ2v) is 9.09. The van der Waals surface area contributed by atoms with Gasteiger partial charge in [-0.05, 0) is 48.7 Å². The Bertz CT molecular complexity index is 1220. The second kappa shape index (κ2) is 11.1. The number of nitrogens with one attached hydrogen (secondary N) is 1. The molecule has 3 aromatic rings. The van der Waals surface area contributed by atoms with Crippen LogP contribution in [-0.2, 0) is 17.6 Å². The van der Waals surface area contributed by atoms with E-state index >= 15 is 0 Å². The van der Waals surface area contributed by atoms with Crippen LogP contribution in [0.1, 0.15) is 62.8 Å². The van der Waals surface area contributed by atoms with Crippen molar-refractivity contribution < 1.29 is 23.9 Å². The summed E-state index contributed by atoms with van der Waals surface area (Å²) < 4.78 is 11.0. The second-order valence-electron chi connectivity index (χ2n) is 8.20. The number of thiazole rings is 1. The van der Waals surface area contributed by atoms with E-state index in [0.717, 1.165) is 22.7 Å². The molecule has 0 saturated heterocycles. The Labute approximate surface area is 207 Å². The van der Waals surface area contributed by atoms with E-state index < -0.39 is 5.91 Å². The summed E-state index contributed by atoms with van der Waals surface area (Å²) in [6.45, 7) is 2.95. The van der Waals surface area contributed by atoms with Crippen molar-refractivity contribution >= 4 is 28.9 Å². The van der Waals surface area contributed by atoms with Gasteiger partial charge in [0.2, 0.25) is 11.8 Å². The van der Waals surface area contributed by atoms with Crippen LogP contribution in [0.4, 0.5) is 0 Å². The molecule has 2 heterocycles. The van der Waals surface area contributed by atoms with Gasteiger partial charge in [0.15, 0.2) is 17.3 Å². The smallest absolute Gasteiger partial charge is 0.248 e. The highest BCUT2D eigenvalue weighted by molar-refractivity contribution is 7.09. The van der Waals surface area contributed by atoms with Crippen molar-refractivity contribution in [3.63, 3.8) is 0 Å². The molecular weight excluding hydrogens is 466 g/mol. The maximum absolute atomic E-state index is 12.8. The number of carbonyl (C=O) groups excluding carboxylic acids is 3. The number of amides is 2. The molecule has 0 saturated carbocycles. The molecule has 182 valence electrons. The number of fused-ring (bicyclic) bond motifs is 1. The summed E-state index contributed by atoms with van der Waals surface area (Å²) in [5.74, 6) is 0.300. The Balaban J connectivity index is 1.40. The van der Waals surface area contributed by atoms with E-state index in [4.69, 9.17) is 15.2 Å². The van der Waals surface area contributed by atoms with Crippen molar-refractivity contribution in [2.45, 2.75) is 38.6 Å². The van der Waals surface area contributed by atoms with E-state index in [1.165, 1.54) is 11.3 Å². The highest BCUT2D eigenvalue weighted by Crippen LogP contribution is 2.31. The lowest BCUT2D eigenvalue weighted by atomic mass is 10.0. The van der Waals surface area contributed by atoms with Gasteiger partial charge in [-0.1, -0.05) is 19.1 Å². The molecule has 0 radical (unpaired) electrons. The maximum Gasteiger partial charge on any atom is 0.248 e. The predicted molar refractivity (Wildman–Crippen MR) is 132 cm³/mol. The van der Waals surface area contributed by atoms with Crippen LogP contribution in [0.2, 0.25) is 0 Å². The summed E-state index contributed by atoms with van der Waals surface area (Å²) >= 11 is 1.49. The fourth-order valence-electron chi connectivity index (χ4n) is 3.74. The lowest BCUT2D eigenvalue weighted by Gasteiger charge is -2.19. The van der Waals surface area contributed by atoms with Gasteiger partial charge in [-0.15, -0.1) is 11.3 Å². The lowest BCUT2D eigenvalue weighted by molar-refractivity contribution is -0.121. The Morgan fingerprint density at radius 3 is 2.43 bits per heavy atom. The Morgan fingerprint density at radius 1 is 1.03 bits per heavy atom. The summed E-state index contributed by atoms with van der Waals surface area (Å²) in [6, 6.07) is 11.7. The van der Waals surface area contributed by atoms with Crippen LogP contribution in [0.5, 0.6) is 11.5 Å². The molecule has 1 unspecified atom stereocenters. The van der Waals surface area contributed by atoms with Crippen LogP contribution in [0, 0.1) is 0 Å². The predicted octanol–water partition coefficient (Wildman–Crippen LogP) is 3.64. The summed E-state index contributed by atoms with van der Waals surface area (Å²) in [7, 11) is 0. The lowest BCUT2D eigenvalue weighted by Crippen LogP contribution is -2.30. The van der Waals surface area contributed by atoms with E-state index in [0.29, 0.717) is 42.3 Å². The third-order valence-corrected chi connectivity index (χ3v) is 6.69. The molecular formula is C26H27N3O5S. The molecule has 2 aromatic carbocycles. The molecule has 1 aromatic heterocycles. The zero-order chi connectivity index (χ0) is 24.8. The average Bonchev–Trinajstić information content (AvgIpc) is 3.36. The number of nitrogens with zero attached hydrogens (tertiary/aromatic N) is 1. The molecule has 35 heavy (non-hydrogen) atoms. The fourth-order valence-corrected chi connectivity index (χ4v) is 4.69. The first-order valence-corrected chi connectivity index (χ1v) is 12.4. The van der Waals surface area contributed by atoms with E-state index in [1.807, 2.05) is 24.4 Å². The number of aromatic nitrogens is 1. The van der Waals surface area contributed by atoms with E-state index in [2.05, 4.69) is 10.3 Å². The van der Waals surface area contributed by atoms with Gasteiger partial charge in [0.1, 0.15) is 18.2 Å². The van der Waals surface area contributed by atoms with Crippen LogP contribution < -0.4 is 20.5 Å². The zero-order valence-electron chi connectivity index (χ0n) is 19.4. The van der Waals surface area contributed by atoms with Crippen molar-refractivity contribution in [2.24, 2.45) is 5.73 Å². The molecule has 1 aliphatic heterocycles. The minimum atomic E-state index is -0.489. The number of nitrogens with two attached hydrogens (primary N) is 1. The standard InChI is InChI=1S/C26H27N3O5S/c1-2-19-15-35-26(28-19)20(13-16-3-5-17(6-4-16)25(27)32)29-24(31)10-8-21(30)18-7-9-22-23(14-18)34-12-11-33-22/h3-7,9,14-15,20H,2,8,10-13H2,1H3,(H2,27,32)(H,29,31). The number of rotatable bonds is 10. The van der Waals surface area contributed by atoms with Gasteiger partial charge in [-0.2, -0.15) is 0 Å². The van der Waals surface area contributed by atoms with Crippen molar-refractivity contribution in [1.82, 2.24) is 10.3 Å². The number of benzene rings is 2. The Morgan fingerprint density at radius 2 is 1.74 bits per heavy atom. The van der Waals surface area contributed by atoms with Gasteiger partial charge in [-0.3, -0.25) is 14.4 Å². The van der Waals surface area contributed by atoms with Crippen LogP contribution in [0.25, 0.3) is 0 Å². The number of hydrogen-bond donors (Lipinski definition) is 2. The van der Waals surface area contributed by atoms with Gasteiger partial charge < -0.3 is 20.5 Å². The van der Waals surface area contributed by atoms with Crippen LogP contribution in [0.3, 0.4) is 0 Å². The number of ketones is 1. The average molecular weight is 494 g/mol. The molecule has 3 N–H and O–H groups in total. The number of ether oxygens (including phenoxy) is 2. The highest BCUT2D eigenvalue weighted by Gasteiger charge is 2.21. The monoisotopic (exact) mass is 493 g/mol. The molecule has 0 spiro atoms. The van der Waals surface area contributed by atoms with Crippen molar-refractivity contribution in [1.29, 1.82) is 0 Å². The molecule has 8 nitrogen and oxygen atoms in total. The van der Waals surface area contributed by atoms with Gasteiger partial charge in [0, 0.05) is 29.3 Å². The zero-order valence-corrected chi connectivity index (χ0v) is 20.2. The van der Waals surface area contributed by atoms with E-state index in [-0.39, 0.29) is 30.6 Å². The van der Waals surface area contributed by atoms with Gasteiger partial charge in [0.25, 0.3) is 0 Å². The van der Waals surface area contributed by atoms with Crippen LogP contribution in [0.15, 0.2) is 47.8 Å². The highest BCUT2D eigenvalue weighted by atomic mass is 32.1. The normalized spacial score (nSPS) is 13.2. The SMILES string of the molecule is CCc1csc(C(Cc2ccc(C(N)=O)cc2)NC(=O)CCC(=O)c2ccc3c(c2)OCCO3)n1. The summed E-state index contributed by atoms with van der Waals surface area (Å²) in [4.78, 5) is 41.5. The molecule has 1 aliphatic rings.